The van der Waals surface area contributed by atoms with Crippen LogP contribution >= 0.6 is 0 Å². The van der Waals surface area contributed by atoms with Crippen molar-refractivity contribution < 1.29 is 18.9 Å². The minimum absolute atomic E-state index is 0.00236. The largest absolute Gasteiger partial charge is 0.348 e. The van der Waals surface area contributed by atoms with Crippen LogP contribution in [0.2, 0.25) is 0 Å². The highest BCUT2D eigenvalue weighted by Gasteiger charge is 2.57. The Morgan fingerprint density at radius 2 is 1.80 bits per heavy atom. The average molecular weight is 283 g/mol. The summed E-state index contributed by atoms with van der Waals surface area (Å²) < 4.78 is 23.8. The molecule has 0 aromatic heterocycles. The Labute approximate surface area is 120 Å². The summed E-state index contributed by atoms with van der Waals surface area (Å²) in [6.07, 6.45) is 2.80. The van der Waals surface area contributed by atoms with E-state index in [0.717, 1.165) is 6.42 Å². The van der Waals surface area contributed by atoms with Crippen LogP contribution in [0.4, 0.5) is 0 Å². The Kier molecular flexibility index (Phi) is 3.46. The molecule has 114 valence electrons. The van der Waals surface area contributed by atoms with E-state index in [1.165, 1.54) is 0 Å². The lowest BCUT2D eigenvalue weighted by Crippen LogP contribution is -2.47. The molecule has 0 saturated carbocycles. The first-order chi connectivity index (χ1) is 9.31. The highest BCUT2D eigenvalue weighted by atomic mass is 16.8. The molecule has 0 aliphatic carbocycles. The molecule has 0 bridgehead atoms. The van der Waals surface area contributed by atoms with Crippen LogP contribution in [0, 0.1) is 0 Å². The van der Waals surface area contributed by atoms with Gasteiger partial charge in [0.25, 0.3) is 0 Å². The Balaban J connectivity index is 1.77. The maximum absolute atomic E-state index is 6.09. The molecule has 3 heterocycles. The molecule has 0 amide bonds. The van der Waals surface area contributed by atoms with Gasteiger partial charge < -0.3 is 24.3 Å². The monoisotopic (exact) mass is 283 g/mol. The van der Waals surface area contributed by atoms with Crippen LogP contribution in [0.15, 0.2) is 12.7 Å². The summed E-state index contributed by atoms with van der Waals surface area (Å²) in [5.74, 6) is -1.06. The van der Waals surface area contributed by atoms with Gasteiger partial charge in [-0.25, -0.2) is 0 Å². The predicted octanol–water partition coefficient (Wildman–Crippen LogP) is 1.57. The van der Waals surface area contributed by atoms with Gasteiger partial charge in [0.2, 0.25) is 0 Å². The molecule has 3 aliphatic heterocycles. The van der Waals surface area contributed by atoms with E-state index in [1.807, 2.05) is 33.8 Å². The first-order valence-electron chi connectivity index (χ1n) is 7.36. The SMILES string of the molecule is C=CC[C@H]1N[C@@H]([C@@H]2COC(C)(C)O2)[C@@H]2OC(C)(C)O[C@@H]21. The number of nitrogens with one attached hydrogen (secondary N) is 1. The molecule has 3 fully saturated rings. The van der Waals surface area contributed by atoms with Gasteiger partial charge in [0.05, 0.1) is 12.6 Å². The number of rotatable bonds is 3. The highest BCUT2D eigenvalue weighted by molar-refractivity contribution is 5.08. The molecular formula is C15H25NO4. The third kappa shape index (κ3) is 2.53. The number of hydrogen-bond donors (Lipinski definition) is 1. The number of ether oxygens (including phenoxy) is 4. The van der Waals surface area contributed by atoms with Gasteiger partial charge >= 0.3 is 0 Å². The van der Waals surface area contributed by atoms with Crippen molar-refractivity contribution >= 4 is 0 Å². The predicted molar refractivity (Wildman–Crippen MR) is 74.3 cm³/mol. The summed E-state index contributed by atoms with van der Waals surface area (Å²) in [5.41, 5.74) is 0. The van der Waals surface area contributed by atoms with Gasteiger partial charge in [0, 0.05) is 6.04 Å². The molecule has 20 heavy (non-hydrogen) atoms. The molecular weight excluding hydrogens is 258 g/mol. The first kappa shape index (κ1) is 14.5. The lowest BCUT2D eigenvalue weighted by molar-refractivity contribution is -0.167. The van der Waals surface area contributed by atoms with Gasteiger partial charge in [-0.05, 0) is 34.1 Å². The molecule has 1 N–H and O–H groups in total. The zero-order chi connectivity index (χ0) is 14.5. The zero-order valence-corrected chi connectivity index (χ0v) is 12.7. The van der Waals surface area contributed by atoms with Crippen LogP contribution in [-0.4, -0.2) is 48.6 Å². The van der Waals surface area contributed by atoms with Crippen molar-refractivity contribution in [2.24, 2.45) is 0 Å². The second-order valence-corrected chi connectivity index (χ2v) is 6.76. The van der Waals surface area contributed by atoms with Crippen LogP contribution in [0.3, 0.4) is 0 Å². The Hall–Kier alpha value is -0.460. The average Bonchev–Trinajstić information content (AvgIpc) is 2.92. The van der Waals surface area contributed by atoms with Gasteiger partial charge in [-0.1, -0.05) is 6.08 Å². The fourth-order valence-electron chi connectivity index (χ4n) is 3.44. The van der Waals surface area contributed by atoms with Crippen LogP contribution < -0.4 is 5.32 Å². The van der Waals surface area contributed by atoms with Crippen molar-refractivity contribution in [2.75, 3.05) is 6.61 Å². The molecule has 5 atom stereocenters. The highest BCUT2D eigenvalue weighted by Crippen LogP contribution is 2.39. The van der Waals surface area contributed by atoms with Crippen molar-refractivity contribution in [2.45, 2.75) is 76.1 Å². The van der Waals surface area contributed by atoms with Gasteiger partial charge in [0.1, 0.15) is 18.3 Å². The van der Waals surface area contributed by atoms with Gasteiger partial charge in [-0.3, -0.25) is 0 Å². The number of hydrogen-bond acceptors (Lipinski definition) is 5. The van der Waals surface area contributed by atoms with Gasteiger partial charge in [-0.15, -0.1) is 6.58 Å². The van der Waals surface area contributed by atoms with Crippen LogP contribution in [0.25, 0.3) is 0 Å². The van der Waals surface area contributed by atoms with Crippen molar-refractivity contribution in [1.82, 2.24) is 5.32 Å². The van der Waals surface area contributed by atoms with E-state index in [1.54, 1.807) is 0 Å². The summed E-state index contributed by atoms with van der Waals surface area (Å²) >= 11 is 0. The van der Waals surface area contributed by atoms with E-state index in [2.05, 4.69) is 11.9 Å². The Morgan fingerprint density at radius 3 is 2.40 bits per heavy atom. The molecule has 0 aromatic rings. The maximum Gasteiger partial charge on any atom is 0.163 e. The van der Waals surface area contributed by atoms with Crippen molar-refractivity contribution in [3.8, 4) is 0 Å². The molecule has 5 nitrogen and oxygen atoms in total. The van der Waals surface area contributed by atoms with Crippen molar-refractivity contribution in [1.29, 1.82) is 0 Å². The van der Waals surface area contributed by atoms with Crippen LogP contribution in [0.1, 0.15) is 34.1 Å². The normalized spacial score (nSPS) is 45.5. The zero-order valence-electron chi connectivity index (χ0n) is 12.7. The maximum atomic E-state index is 6.09. The van der Waals surface area contributed by atoms with E-state index in [9.17, 15) is 0 Å². The Morgan fingerprint density at radius 1 is 1.10 bits per heavy atom. The lowest BCUT2D eigenvalue weighted by atomic mass is 10.0. The van der Waals surface area contributed by atoms with Crippen LogP contribution in [-0.2, 0) is 18.9 Å². The lowest BCUT2D eigenvalue weighted by Gasteiger charge is -2.27. The van der Waals surface area contributed by atoms with E-state index in [-0.39, 0.29) is 30.4 Å². The summed E-state index contributed by atoms with van der Waals surface area (Å²) in [7, 11) is 0. The first-order valence-corrected chi connectivity index (χ1v) is 7.36. The topological polar surface area (TPSA) is 49.0 Å². The molecule has 3 saturated heterocycles. The van der Waals surface area contributed by atoms with E-state index in [0.29, 0.717) is 6.61 Å². The second kappa shape index (κ2) is 4.78. The summed E-state index contributed by atoms with van der Waals surface area (Å²) in [5, 5.41) is 3.59. The number of fused-ring (bicyclic) bond motifs is 1. The minimum atomic E-state index is -0.538. The summed E-state index contributed by atoms with van der Waals surface area (Å²) in [4.78, 5) is 0. The molecule has 0 aromatic carbocycles. The summed E-state index contributed by atoms with van der Waals surface area (Å²) in [6.45, 7) is 12.2. The Bertz CT molecular complexity index is 395. The van der Waals surface area contributed by atoms with E-state index < -0.39 is 11.6 Å². The summed E-state index contributed by atoms with van der Waals surface area (Å²) in [6, 6.07) is 0.310. The fraction of sp³-hybridized carbons (Fsp3) is 0.867. The second-order valence-electron chi connectivity index (χ2n) is 6.76. The quantitative estimate of drug-likeness (QED) is 0.797. The molecule has 5 heteroatoms. The minimum Gasteiger partial charge on any atom is -0.348 e. The van der Waals surface area contributed by atoms with Gasteiger partial charge in [-0.2, -0.15) is 0 Å². The molecule has 3 rings (SSSR count). The third-order valence-electron chi connectivity index (χ3n) is 4.17. The van der Waals surface area contributed by atoms with E-state index in [4.69, 9.17) is 18.9 Å². The van der Waals surface area contributed by atoms with Crippen LogP contribution in [0.5, 0.6) is 0 Å². The molecule has 0 radical (unpaired) electrons. The van der Waals surface area contributed by atoms with Crippen molar-refractivity contribution in [3.05, 3.63) is 12.7 Å². The smallest absolute Gasteiger partial charge is 0.163 e. The van der Waals surface area contributed by atoms with E-state index >= 15 is 0 Å². The third-order valence-corrected chi connectivity index (χ3v) is 4.17. The fourth-order valence-corrected chi connectivity index (χ4v) is 3.44. The standard InChI is InChI=1S/C15H25NO4/c1-6-7-9-12-13(20-15(4,5)19-12)11(16-9)10-8-17-14(2,3)18-10/h6,9-13,16H,1,7-8H2,2-5H3/t9-,10+,11+,12-,13+/m1/s1. The van der Waals surface area contributed by atoms with Gasteiger partial charge in [0.15, 0.2) is 11.6 Å². The molecule has 3 aliphatic rings. The van der Waals surface area contributed by atoms with Crippen molar-refractivity contribution in [3.63, 3.8) is 0 Å². The molecule has 0 spiro atoms. The molecule has 0 unspecified atom stereocenters.